The Morgan fingerprint density at radius 2 is 1.71 bits per heavy atom. The summed E-state index contributed by atoms with van der Waals surface area (Å²) >= 11 is 0. The molecule has 3 rings (SSSR count). The van der Waals surface area contributed by atoms with Crippen LogP contribution in [0.5, 0.6) is 5.75 Å². The van der Waals surface area contributed by atoms with E-state index in [4.69, 9.17) is 10.5 Å². The van der Waals surface area contributed by atoms with Crippen LogP contribution in [0.1, 0.15) is 54.5 Å². The Labute approximate surface area is 126 Å². The molecule has 2 heteroatoms. The molecule has 1 unspecified atom stereocenters. The number of ether oxygens (including phenoxy) is 1. The van der Waals surface area contributed by atoms with Crippen LogP contribution in [-0.4, -0.2) is 6.61 Å². The Morgan fingerprint density at radius 3 is 2.43 bits per heavy atom. The molecule has 2 N–H and O–H groups in total. The van der Waals surface area contributed by atoms with E-state index in [1.54, 1.807) is 0 Å². The van der Waals surface area contributed by atoms with Gasteiger partial charge >= 0.3 is 0 Å². The Balaban J connectivity index is 1.93. The smallest absolute Gasteiger partial charge is 0.127 e. The van der Waals surface area contributed by atoms with Crippen LogP contribution >= 0.6 is 0 Å². The second-order valence-corrected chi connectivity index (χ2v) is 6.09. The van der Waals surface area contributed by atoms with Crippen molar-refractivity contribution in [1.29, 1.82) is 0 Å². The van der Waals surface area contributed by atoms with Gasteiger partial charge in [0.15, 0.2) is 0 Å². The van der Waals surface area contributed by atoms with E-state index in [0.717, 1.165) is 36.3 Å². The Kier molecular flexibility index (Phi) is 3.98. The van der Waals surface area contributed by atoms with Gasteiger partial charge in [-0.25, -0.2) is 0 Å². The molecule has 0 spiro atoms. The molecule has 2 nitrogen and oxygen atoms in total. The molecule has 0 saturated carbocycles. The molecular formula is C19H23NO. The molecule has 0 bridgehead atoms. The standard InChI is InChI=1S/C19H23NO/c1-13(2)14-8-10-15(11-9-14)18(20)17-7-3-5-16-6-4-12-21-19(16)17/h3,5,7-11,13,18H,4,6,12,20H2,1-2H3. The summed E-state index contributed by atoms with van der Waals surface area (Å²) in [5, 5.41) is 0. The molecule has 21 heavy (non-hydrogen) atoms. The summed E-state index contributed by atoms with van der Waals surface area (Å²) < 4.78 is 5.88. The highest BCUT2D eigenvalue weighted by atomic mass is 16.5. The van der Waals surface area contributed by atoms with Crippen molar-refractivity contribution in [1.82, 2.24) is 0 Å². The van der Waals surface area contributed by atoms with Gasteiger partial charge in [-0.3, -0.25) is 0 Å². The summed E-state index contributed by atoms with van der Waals surface area (Å²) in [6.45, 7) is 5.20. The quantitative estimate of drug-likeness (QED) is 0.916. The maximum atomic E-state index is 6.49. The fourth-order valence-corrected chi connectivity index (χ4v) is 2.93. The molecule has 1 aliphatic heterocycles. The van der Waals surface area contributed by atoms with Crippen LogP contribution in [0.15, 0.2) is 42.5 Å². The number of hydrogen-bond acceptors (Lipinski definition) is 2. The molecule has 0 aliphatic carbocycles. The Morgan fingerprint density at radius 1 is 1.00 bits per heavy atom. The first-order valence-corrected chi connectivity index (χ1v) is 7.77. The topological polar surface area (TPSA) is 35.2 Å². The van der Waals surface area contributed by atoms with Crippen molar-refractivity contribution in [3.63, 3.8) is 0 Å². The summed E-state index contributed by atoms with van der Waals surface area (Å²) in [5.74, 6) is 1.55. The second-order valence-electron chi connectivity index (χ2n) is 6.09. The molecule has 110 valence electrons. The monoisotopic (exact) mass is 281 g/mol. The number of aryl methyl sites for hydroxylation is 1. The van der Waals surface area contributed by atoms with Gasteiger partial charge in [0.05, 0.1) is 12.6 Å². The zero-order valence-electron chi connectivity index (χ0n) is 12.8. The molecule has 0 fully saturated rings. The predicted molar refractivity (Wildman–Crippen MR) is 86.8 cm³/mol. The average Bonchev–Trinajstić information content (AvgIpc) is 2.53. The summed E-state index contributed by atoms with van der Waals surface area (Å²) in [6.07, 6.45) is 2.18. The maximum absolute atomic E-state index is 6.49. The third-order valence-electron chi connectivity index (χ3n) is 4.26. The zero-order chi connectivity index (χ0) is 14.8. The molecule has 0 radical (unpaired) electrons. The SMILES string of the molecule is CC(C)c1ccc(C(N)c2cccc3c2OCCC3)cc1. The van der Waals surface area contributed by atoms with Gasteiger partial charge in [-0.2, -0.15) is 0 Å². The second kappa shape index (κ2) is 5.90. The normalized spacial score (nSPS) is 15.4. The van der Waals surface area contributed by atoms with Crippen LogP contribution in [0, 0.1) is 0 Å². The van der Waals surface area contributed by atoms with Crippen molar-refractivity contribution < 1.29 is 4.74 Å². The number of rotatable bonds is 3. The number of nitrogens with two attached hydrogens (primary N) is 1. The van der Waals surface area contributed by atoms with E-state index in [2.05, 4.69) is 56.3 Å². The fraction of sp³-hybridized carbons (Fsp3) is 0.368. The maximum Gasteiger partial charge on any atom is 0.127 e. The van der Waals surface area contributed by atoms with Crippen molar-refractivity contribution in [2.75, 3.05) is 6.61 Å². The van der Waals surface area contributed by atoms with Crippen LogP contribution in [0.4, 0.5) is 0 Å². The van der Waals surface area contributed by atoms with E-state index >= 15 is 0 Å². The van der Waals surface area contributed by atoms with E-state index in [-0.39, 0.29) is 6.04 Å². The average molecular weight is 281 g/mol. The minimum Gasteiger partial charge on any atom is -0.493 e. The molecule has 2 aromatic carbocycles. The number of fused-ring (bicyclic) bond motifs is 1. The van der Waals surface area contributed by atoms with Gasteiger partial charge in [-0.05, 0) is 35.4 Å². The van der Waals surface area contributed by atoms with Crippen LogP contribution < -0.4 is 10.5 Å². The van der Waals surface area contributed by atoms with Crippen molar-refractivity contribution in [2.24, 2.45) is 5.73 Å². The van der Waals surface area contributed by atoms with Crippen molar-refractivity contribution in [3.8, 4) is 5.75 Å². The Hall–Kier alpha value is -1.80. The van der Waals surface area contributed by atoms with E-state index < -0.39 is 0 Å². The third-order valence-corrected chi connectivity index (χ3v) is 4.26. The molecular weight excluding hydrogens is 258 g/mol. The molecule has 0 amide bonds. The lowest BCUT2D eigenvalue weighted by atomic mass is 9.93. The van der Waals surface area contributed by atoms with Crippen molar-refractivity contribution in [3.05, 3.63) is 64.7 Å². The molecule has 1 aliphatic rings. The van der Waals surface area contributed by atoms with Crippen LogP contribution in [-0.2, 0) is 6.42 Å². The first kappa shape index (κ1) is 14.2. The Bertz CT molecular complexity index is 616. The number of hydrogen-bond donors (Lipinski definition) is 1. The van der Waals surface area contributed by atoms with Gasteiger partial charge in [0.2, 0.25) is 0 Å². The first-order chi connectivity index (χ1) is 10.2. The first-order valence-electron chi connectivity index (χ1n) is 7.77. The highest BCUT2D eigenvalue weighted by molar-refractivity contribution is 5.47. The molecule has 1 atom stereocenters. The fourth-order valence-electron chi connectivity index (χ4n) is 2.93. The largest absolute Gasteiger partial charge is 0.493 e. The van der Waals surface area contributed by atoms with E-state index in [0.29, 0.717) is 5.92 Å². The molecule has 1 heterocycles. The van der Waals surface area contributed by atoms with Crippen LogP contribution in [0.3, 0.4) is 0 Å². The summed E-state index contributed by atoms with van der Waals surface area (Å²) in [6, 6.07) is 14.8. The predicted octanol–water partition coefficient (Wildman–Crippen LogP) is 4.18. The molecule has 0 aromatic heterocycles. The van der Waals surface area contributed by atoms with Crippen LogP contribution in [0.25, 0.3) is 0 Å². The van der Waals surface area contributed by atoms with E-state index in [9.17, 15) is 0 Å². The third kappa shape index (κ3) is 2.81. The van der Waals surface area contributed by atoms with Crippen molar-refractivity contribution >= 4 is 0 Å². The minimum absolute atomic E-state index is 0.126. The lowest BCUT2D eigenvalue weighted by Gasteiger charge is -2.23. The van der Waals surface area contributed by atoms with Gasteiger partial charge in [0, 0.05) is 5.56 Å². The van der Waals surface area contributed by atoms with Gasteiger partial charge in [0.1, 0.15) is 5.75 Å². The van der Waals surface area contributed by atoms with Gasteiger partial charge in [-0.15, -0.1) is 0 Å². The van der Waals surface area contributed by atoms with E-state index in [1.807, 2.05) is 0 Å². The summed E-state index contributed by atoms with van der Waals surface area (Å²) in [4.78, 5) is 0. The van der Waals surface area contributed by atoms with Gasteiger partial charge in [-0.1, -0.05) is 56.3 Å². The number of para-hydroxylation sites is 1. The molecule has 2 aromatic rings. The summed E-state index contributed by atoms with van der Waals surface area (Å²) in [7, 11) is 0. The highest BCUT2D eigenvalue weighted by Gasteiger charge is 2.19. The van der Waals surface area contributed by atoms with Gasteiger partial charge in [0.25, 0.3) is 0 Å². The minimum atomic E-state index is -0.126. The lowest BCUT2D eigenvalue weighted by Crippen LogP contribution is -2.17. The molecule has 0 saturated heterocycles. The highest BCUT2D eigenvalue weighted by Crippen LogP contribution is 2.34. The van der Waals surface area contributed by atoms with E-state index in [1.165, 1.54) is 11.1 Å². The van der Waals surface area contributed by atoms with Crippen molar-refractivity contribution in [2.45, 2.75) is 38.6 Å². The lowest BCUT2D eigenvalue weighted by molar-refractivity contribution is 0.284. The van der Waals surface area contributed by atoms with Gasteiger partial charge < -0.3 is 10.5 Å². The van der Waals surface area contributed by atoms with Crippen LogP contribution in [0.2, 0.25) is 0 Å². The summed E-state index contributed by atoms with van der Waals surface area (Å²) in [5.41, 5.74) is 11.4. The number of benzene rings is 2. The zero-order valence-corrected chi connectivity index (χ0v) is 12.8.